The van der Waals surface area contributed by atoms with Crippen LogP contribution in [0.5, 0.6) is 0 Å². The second kappa shape index (κ2) is 7.96. The third kappa shape index (κ3) is 4.04. The Morgan fingerprint density at radius 1 is 1.19 bits per heavy atom. The van der Waals surface area contributed by atoms with E-state index >= 15 is 0 Å². The number of alkyl halides is 1. The van der Waals surface area contributed by atoms with Gasteiger partial charge in [0.1, 0.15) is 17.3 Å². The third-order valence-corrected chi connectivity index (χ3v) is 7.66. The molecule has 3 aliphatic carbocycles. The maximum absolute atomic E-state index is 15.0. The topological polar surface area (TPSA) is 78.4 Å². The lowest BCUT2D eigenvalue weighted by Crippen LogP contribution is -2.42. The summed E-state index contributed by atoms with van der Waals surface area (Å²) in [5.41, 5.74) is -2.52. The summed E-state index contributed by atoms with van der Waals surface area (Å²) in [5, 5.41) is 15.3. The maximum Gasteiger partial charge on any atom is 0.223 e. The Bertz CT molecular complexity index is 904. The Labute approximate surface area is 183 Å². The summed E-state index contributed by atoms with van der Waals surface area (Å²) < 4.78 is 44.7. The SMILES string of the molecule is CC(=O)NC1C[C@H](C(=O)N[C@H](c2c(F)ccc(Cl)c2F)C23CCC(F)(CC2)C3)C[C@H]1O. The quantitative estimate of drug-likeness (QED) is 0.588. The molecule has 3 saturated carbocycles. The molecule has 31 heavy (non-hydrogen) atoms. The van der Waals surface area contributed by atoms with Gasteiger partial charge in [-0.1, -0.05) is 11.6 Å². The summed E-state index contributed by atoms with van der Waals surface area (Å²) in [7, 11) is 0. The molecular formula is C22H26ClF3N2O3. The van der Waals surface area contributed by atoms with Gasteiger partial charge in [0.05, 0.1) is 23.2 Å². The van der Waals surface area contributed by atoms with Gasteiger partial charge < -0.3 is 15.7 Å². The number of hydrogen-bond acceptors (Lipinski definition) is 3. The van der Waals surface area contributed by atoms with Gasteiger partial charge in [-0.15, -0.1) is 0 Å². The van der Waals surface area contributed by atoms with Crippen LogP contribution >= 0.6 is 11.6 Å². The number of rotatable bonds is 5. The molecule has 3 aliphatic rings. The molecule has 9 heteroatoms. The molecule has 0 saturated heterocycles. The van der Waals surface area contributed by atoms with Crippen molar-refractivity contribution in [3.05, 3.63) is 34.4 Å². The van der Waals surface area contributed by atoms with Crippen LogP contribution < -0.4 is 10.6 Å². The summed E-state index contributed by atoms with van der Waals surface area (Å²) in [6, 6.07) is 0.520. The van der Waals surface area contributed by atoms with Crippen LogP contribution in [0.1, 0.15) is 63.5 Å². The van der Waals surface area contributed by atoms with Crippen molar-refractivity contribution in [3.8, 4) is 0 Å². The fraction of sp³-hybridized carbons (Fsp3) is 0.636. The number of benzene rings is 1. The molecule has 1 unspecified atom stereocenters. The van der Waals surface area contributed by atoms with Crippen molar-refractivity contribution in [1.82, 2.24) is 10.6 Å². The van der Waals surface area contributed by atoms with E-state index in [1.807, 2.05) is 0 Å². The van der Waals surface area contributed by atoms with Gasteiger partial charge in [0, 0.05) is 18.4 Å². The van der Waals surface area contributed by atoms with E-state index in [0.717, 1.165) is 12.1 Å². The lowest BCUT2D eigenvalue weighted by atomic mass is 9.74. The van der Waals surface area contributed by atoms with Crippen molar-refractivity contribution < 1.29 is 27.9 Å². The number of amides is 2. The number of carbonyl (C=O) groups is 2. The van der Waals surface area contributed by atoms with Gasteiger partial charge in [-0.3, -0.25) is 9.59 Å². The van der Waals surface area contributed by atoms with Crippen LogP contribution in [0.3, 0.4) is 0 Å². The molecule has 0 spiro atoms. The molecule has 4 atom stereocenters. The van der Waals surface area contributed by atoms with Crippen LogP contribution in [-0.4, -0.2) is 34.7 Å². The molecule has 5 nitrogen and oxygen atoms in total. The average molecular weight is 459 g/mol. The number of hydrogen-bond donors (Lipinski definition) is 3. The number of aliphatic hydroxyl groups excluding tert-OH is 1. The second-order valence-electron chi connectivity index (χ2n) is 9.43. The van der Waals surface area contributed by atoms with E-state index in [9.17, 15) is 27.9 Å². The van der Waals surface area contributed by atoms with Crippen LogP contribution in [0.15, 0.2) is 12.1 Å². The average Bonchev–Trinajstić information content (AvgIpc) is 3.35. The Hall–Kier alpha value is -1.80. The molecule has 1 aromatic rings. The van der Waals surface area contributed by atoms with Gasteiger partial charge in [-0.05, 0) is 62.5 Å². The van der Waals surface area contributed by atoms with Gasteiger partial charge in [0.2, 0.25) is 11.8 Å². The Morgan fingerprint density at radius 3 is 2.45 bits per heavy atom. The zero-order valence-electron chi connectivity index (χ0n) is 17.2. The van der Waals surface area contributed by atoms with Crippen molar-refractivity contribution >= 4 is 23.4 Å². The predicted molar refractivity (Wildman–Crippen MR) is 108 cm³/mol. The summed E-state index contributed by atoms with van der Waals surface area (Å²) in [5.74, 6) is -3.23. The lowest BCUT2D eigenvalue weighted by molar-refractivity contribution is -0.127. The van der Waals surface area contributed by atoms with Crippen molar-refractivity contribution in [2.24, 2.45) is 11.3 Å². The van der Waals surface area contributed by atoms with Gasteiger partial charge in [0.15, 0.2) is 0 Å². The smallest absolute Gasteiger partial charge is 0.223 e. The number of halogens is 4. The van der Waals surface area contributed by atoms with Crippen LogP contribution in [0.25, 0.3) is 0 Å². The summed E-state index contributed by atoms with van der Waals surface area (Å²) in [6.45, 7) is 1.32. The third-order valence-electron chi connectivity index (χ3n) is 7.37. The molecule has 3 N–H and O–H groups in total. The fourth-order valence-electron chi connectivity index (χ4n) is 5.82. The lowest BCUT2D eigenvalue weighted by Gasteiger charge is -2.37. The first kappa shape index (κ1) is 22.4. The van der Waals surface area contributed by atoms with E-state index < -0.39 is 52.7 Å². The first-order chi connectivity index (χ1) is 14.5. The van der Waals surface area contributed by atoms with Gasteiger partial charge in [0.25, 0.3) is 0 Å². The number of nitrogens with one attached hydrogen (secondary N) is 2. The van der Waals surface area contributed by atoms with E-state index in [-0.39, 0.29) is 48.6 Å². The Balaban J connectivity index is 1.63. The first-order valence-corrected chi connectivity index (χ1v) is 11.0. The molecule has 2 bridgehead atoms. The molecule has 0 aliphatic heterocycles. The minimum atomic E-state index is -1.38. The largest absolute Gasteiger partial charge is 0.391 e. The standard InChI is InChI=1S/C22H26ClF3N2O3/c1-11(29)27-15-8-12(9-16(15)30)20(31)28-19(17-14(24)3-2-13(23)18(17)25)21-4-6-22(26,10-21)7-5-21/h2-3,12,15-16,19,30H,4-10H2,1H3,(H,27,29)(H,28,31)/t12-,15?,16+,19+,21?,22?/m0/s1. The zero-order chi connectivity index (χ0) is 22.6. The number of fused-ring (bicyclic) bond motifs is 2. The first-order valence-electron chi connectivity index (χ1n) is 10.6. The van der Waals surface area contributed by atoms with Gasteiger partial charge in [-0.25, -0.2) is 13.2 Å². The van der Waals surface area contributed by atoms with Crippen molar-refractivity contribution in [2.45, 2.75) is 75.7 Å². The zero-order valence-corrected chi connectivity index (χ0v) is 17.9. The molecular weight excluding hydrogens is 433 g/mol. The van der Waals surface area contributed by atoms with E-state index in [0.29, 0.717) is 12.8 Å². The van der Waals surface area contributed by atoms with Gasteiger partial charge >= 0.3 is 0 Å². The molecule has 170 valence electrons. The Morgan fingerprint density at radius 2 is 1.87 bits per heavy atom. The van der Waals surface area contributed by atoms with Crippen molar-refractivity contribution in [3.63, 3.8) is 0 Å². The highest BCUT2D eigenvalue weighted by atomic mass is 35.5. The summed E-state index contributed by atoms with van der Waals surface area (Å²) in [6.07, 6.45) is 0.935. The molecule has 2 amide bonds. The molecule has 3 fully saturated rings. The van der Waals surface area contributed by atoms with Crippen LogP contribution in [0.2, 0.25) is 5.02 Å². The summed E-state index contributed by atoms with van der Waals surface area (Å²) in [4.78, 5) is 24.4. The molecule has 1 aromatic carbocycles. The van der Waals surface area contributed by atoms with E-state index in [1.165, 1.54) is 6.92 Å². The summed E-state index contributed by atoms with van der Waals surface area (Å²) >= 11 is 5.91. The fourth-order valence-corrected chi connectivity index (χ4v) is 5.98. The van der Waals surface area contributed by atoms with Crippen LogP contribution in [-0.2, 0) is 9.59 Å². The monoisotopic (exact) mass is 458 g/mol. The second-order valence-corrected chi connectivity index (χ2v) is 9.84. The van der Waals surface area contributed by atoms with Crippen LogP contribution in [0.4, 0.5) is 13.2 Å². The number of carbonyl (C=O) groups excluding carboxylic acids is 2. The highest BCUT2D eigenvalue weighted by Gasteiger charge is 2.59. The van der Waals surface area contributed by atoms with E-state index in [4.69, 9.17) is 11.6 Å². The van der Waals surface area contributed by atoms with Crippen molar-refractivity contribution in [2.75, 3.05) is 0 Å². The Kier molecular flexibility index (Phi) is 5.75. The van der Waals surface area contributed by atoms with E-state index in [1.54, 1.807) is 0 Å². The van der Waals surface area contributed by atoms with Gasteiger partial charge in [-0.2, -0.15) is 0 Å². The highest BCUT2D eigenvalue weighted by Crippen LogP contribution is 2.63. The molecule has 4 rings (SSSR count). The highest BCUT2D eigenvalue weighted by molar-refractivity contribution is 6.30. The van der Waals surface area contributed by atoms with E-state index in [2.05, 4.69) is 10.6 Å². The molecule has 0 heterocycles. The van der Waals surface area contributed by atoms with Crippen molar-refractivity contribution in [1.29, 1.82) is 0 Å². The molecule has 0 radical (unpaired) electrons. The normalized spacial score (nSPS) is 35.2. The number of aliphatic hydroxyl groups is 1. The van der Waals surface area contributed by atoms with Crippen LogP contribution in [0, 0.1) is 23.0 Å². The minimum absolute atomic E-state index is 0.115. The minimum Gasteiger partial charge on any atom is -0.391 e. The predicted octanol–water partition coefficient (Wildman–Crippen LogP) is 3.72. The molecule has 0 aromatic heterocycles. The maximum atomic E-state index is 15.0.